The highest BCUT2D eigenvalue weighted by Gasteiger charge is 2.54. The van der Waals surface area contributed by atoms with Gasteiger partial charge in [-0.25, -0.2) is 0 Å². The van der Waals surface area contributed by atoms with E-state index in [1.807, 2.05) is 0 Å². The van der Waals surface area contributed by atoms with E-state index in [-0.39, 0.29) is 11.2 Å². The van der Waals surface area contributed by atoms with E-state index in [9.17, 15) is 4.79 Å². The molecule has 1 spiro atoms. The topological polar surface area (TPSA) is 44.8 Å². The fourth-order valence-electron chi connectivity index (χ4n) is 6.23. The highest BCUT2D eigenvalue weighted by atomic mass is 28.3. The van der Waals surface area contributed by atoms with Gasteiger partial charge in [0.05, 0.1) is 19.0 Å². The van der Waals surface area contributed by atoms with Crippen molar-refractivity contribution in [3.8, 4) is 0 Å². The zero-order chi connectivity index (χ0) is 19.3. The molecule has 4 aliphatic rings. The van der Waals surface area contributed by atoms with Gasteiger partial charge in [-0.3, -0.25) is 4.79 Å². The predicted octanol–water partition coefficient (Wildman–Crippen LogP) is 5.06. The summed E-state index contributed by atoms with van der Waals surface area (Å²) < 4.78 is 18.7. The van der Waals surface area contributed by atoms with E-state index < -0.39 is 13.7 Å². The normalized spacial score (nSPS) is 38.7. The minimum Gasteiger partial charge on any atom is -0.484 e. The van der Waals surface area contributed by atoms with Crippen molar-refractivity contribution in [2.45, 2.75) is 95.4 Å². The number of ether oxygens (including phenoxy) is 3. The van der Waals surface area contributed by atoms with E-state index in [0.29, 0.717) is 5.92 Å². The number of allylic oxidation sites excluding steroid dienone is 2. The van der Waals surface area contributed by atoms with E-state index in [0.717, 1.165) is 76.2 Å². The van der Waals surface area contributed by atoms with Crippen molar-refractivity contribution in [1.29, 1.82) is 0 Å². The molecule has 0 amide bonds. The van der Waals surface area contributed by atoms with E-state index in [2.05, 4.69) is 26.6 Å². The van der Waals surface area contributed by atoms with E-state index in [1.165, 1.54) is 12.0 Å². The maximum absolute atomic E-state index is 12.1. The number of hydrogen-bond acceptors (Lipinski definition) is 4. The molecule has 0 aromatic carbocycles. The molecule has 0 aromatic heterocycles. The molecule has 2 aliphatic heterocycles. The van der Waals surface area contributed by atoms with Crippen LogP contribution in [0.4, 0.5) is 0 Å². The fourth-order valence-corrected chi connectivity index (χ4v) is 8.36. The molecule has 3 atom stereocenters. The van der Waals surface area contributed by atoms with Crippen LogP contribution in [0.2, 0.25) is 25.7 Å². The van der Waals surface area contributed by atoms with Crippen LogP contribution in [0.25, 0.3) is 0 Å². The van der Waals surface area contributed by atoms with E-state index in [4.69, 9.17) is 14.2 Å². The van der Waals surface area contributed by atoms with E-state index >= 15 is 0 Å². The summed E-state index contributed by atoms with van der Waals surface area (Å²) in [7, 11) is -1.39. The summed E-state index contributed by atoms with van der Waals surface area (Å²) in [6.45, 7) is 10.9. The number of aldehydes is 1. The first kappa shape index (κ1) is 19.7. The third-order valence-electron chi connectivity index (χ3n) is 7.45. The molecule has 5 heteroatoms. The quantitative estimate of drug-likeness (QED) is 0.497. The maximum Gasteiger partial charge on any atom is 0.168 e. The number of carbonyl (C=O) groups is 1. The Hall–Kier alpha value is -0.653. The molecule has 0 unspecified atom stereocenters. The fraction of sp³-hybridized carbons (Fsp3) is 0.864. The molecule has 2 fully saturated rings. The molecule has 1 saturated heterocycles. The molecule has 2 heterocycles. The van der Waals surface area contributed by atoms with Crippen LogP contribution in [0.15, 0.2) is 11.3 Å². The second-order valence-electron chi connectivity index (χ2n) is 10.7. The SMILES string of the molecule is C[C@]12CCC3(C[C@H]1CCCC1=C2CC[C@@](C=O)(C[Si](C)(C)C)O1)OCCO3. The van der Waals surface area contributed by atoms with Crippen molar-refractivity contribution >= 4 is 14.4 Å². The molecule has 1 saturated carbocycles. The lowest BCUT2D eigenvalue weighted by atomic mass is 9.60. The first-order chi connectivity index (χ1) is 12.7. The Kier molecular flexibility index (Phi) is 4.88. The number of hydrogen-bond donors (Lipinski definition) is 0. The summed E-state index contributed by atoms with van der Waals surface area (Å²) in [5, 5.41) is 0. The molecule has 0 radical (unpaired) electrons. The Balaban J connectivity index is 1.61. The summed E-state index contributed by atoms with van der Waals surface area (Å²) in [5.74, 6) is 1.41. The second kappa shape index (κ2) is 6.70. The largest absolute Gasteiger partial charge is 0.484 e. The molecule has 4 rings (SSSR count). The smallest absolute Gasteiger partial charge is 0.168 e. The Morgan fingerprint density at radius 3 is 2.52 bits per heavy atom. The molecular weight excluding hydrogens is 356 g/mol. The van der Waals surface area contributed by atoms with Crippen molar-refractivity contribution in [3.63, 3.8) is 0 Å². The molecule has 27 heavy (non-hydrogen) atoms. The third kappa shape index (κ3) is 3.55. The van der Waals surface area contributed by atoms with Gasteiger partial charge in [-0.15, -0.1) is 0 Å². The lowest BCUT2D eigenvalue weighted by Gasteiger charge is -2.50. The molecule has 2 aliphatic carbocycles. The Labute approximate surface area is 165 Å². The maximum atomic E-state index is 12.1. The van der Waals surface area contributed by atoms with E-state index in [1.54, 1.807) is 0 Å². The van der Waals surface area contributed by atoms with Gasteiger partial charge in [0.1, 0.15) is 0 Å². The number of fused-ring (bicyclic) bond motifs is 2. The lowest BCUT2D eigenvalue weighted by Crippen LogP contribution is -2.48. The highest BCUT2D eigenvalue weighted by molar-refractivity contribution is 6.76. The van der Waals surface area contributed by atoms with Crippen LogP contribution in [0.3, 0.4) is 0 Å². The minimum atomic E-state index is -1.39. The summed E-state index contributed by atoms with van der Waals surface area (Å²) >= 11 is 0. The lowest BCUT2D eigenvalue weighted by molar-refractivity contribution is -0.203. The van der Waals surface area contributed by atoms with Gasteiger partial charge in [0, 0.05) is 27.3 Å². The summed E-state index contributed by atoms with van der Waals surface area (Å²) in [6.07, 6.45) is 9.38. The van der Waals surface area contributed by atoms with Gasteiger partial charge in [0.2, 0.25) is 0 Å². The highest BCUT2D eigenvalue weighted by Crippen LogP contribution is 2.58. The summed E-state index contributed by atoms with van der Waals surface area (Å²) in [4.78, 5) is 12.1. The molecule has 0 aromatic rings. The minimum absolute atomic E-state index is 0.167. The number of carbonyl (C=O) groups excluding carboxylic acids is 1. The summed E-state index contributed by atoms with van der Waals surface area (Å²) in [5.41, 5.74) is 1.10. The van der Waals surface area contributed by atoms with Gasteiger partial charge < -0.3 is 14.2 Å². The van der Waals surface area contributed by atoms with Crippen LogP contribution in [0, 0.1) is 11.3 Å². The van der Waals surface area contributed by atoms with Crippen molar-refractivity contribution in [2.24, 2.45) is 11.3 Å². The van der Waals surface area contributed by atoms with Crippen LogP contribution in [-0.2, 0) is 19.0 Å². The summed E-state index contributed by atoms with van der Waals surface area (Å²) in [6, 6.07) is 0.922. The predicted molar refractivity (Wildman–Crippen MR) is 108 cm³/mol. The van der Waals surface area contributed by atoms with Gasteiger partial charge in [-0.1, -0.05) is 26.6 Å². The van der Waals surface area contributed by atoms with Crippen molar-refractivity contribution in [2.75, 3.05) is 13.2 Å². The van der Waals surface area contributed by atoms with Gasteiger partial charge in [0.25, 0.3) is 0 Å². The van der Waals surface area contributed by atoms with Crippen molar-refractivity contribution in [3.05, 3.63) is 11.3 Å². The van der Waals surface area contributed by atoms with Crippen LogP contribution in [0.5, 0.6) is 0 Å². The van der Waals surface area contributed by atoms with Gasteiger partial charge >= 0.3 is 0 Å². The van der Waals surface area contributed by atoms with Gasteiger partial charge in [0.15, 0.2) is 17.7 Å². The monoisotopic (exact) mass is 392 g/mol. The van der Waals surface area contributed by atoms with Crippen LogP contribution < -0.4 is 0 Å². The first-order valence-corrected chi connectivity index (χ1v) is 14.6. The average Bonchev–Trinajstić information content (AvgIpc) is 3.00. The molecule has 0 N–H and O–H groups in total. The third-order valence-corrected chi connectivity index (χ3v) is 9.11. The van der Waals surface area contributed by atoms with Gasteiger partial charge in [-0.2, -0.15) is 0 Å². The van der Waals surface area contributed by atoms with Gasteiger partial charge in [-0.05, 0) is 55.1 Å². The van der Waals surface area contributed by atoms with Crippen LogP contribution in [0.1, 0.15) is 58.3 Å². The first-order valence-electron chi connectivity index (χ1n) is 10.9. The standard InChI is InChI=1S/C22H36O4Si/c1-20-10-11-22(24-12-13-25-22)14-17(20)6-5-7-19-18(20)8-9-21(15-23,26-19)16-27(2,3)4/h15,17H,5-14,16H2,1-4H3/t17-,20+,21-/m1/s1. The Morgan fingerprint density at radius 1 is 1.11 bits per heavy atom. The number of rotatable bonds is 3. The zero-order valence-corrected chi connectivity index (χ0v) is 18.6. The van der Waals surface area contributed by atoms with Crippen LogP contribution in [-0.4, -0.2) is 39.0 Å². The molecule has 152 valence electrons. The van der Waals surface area contributed by atoms with Crippen LogP contribution >= 0.6 is 0 Å². The Morgan fingerprint density at radius 2 is 1.85 bits per heavy atom. The van der Waals surface area contributed by atoms with Crippen molar-refractivity contribution < 1.29 is 19.0 Å². The average molecular weight is 393 g/mol. The van der Waals surface area contributed by atoms with Crippen molar-refractivity contribution in [1.82, 2.24) is 0 Å². The molecular formula is C22H36O4Si. The Bertz CT molecular complexity index is 631. The molecule has 0 bridgehead atoms. The molecule has 4 nitrogen and oxygen atoms in total. The zero-order valence-electron chi connectivity index (χ0n) is 17.6. The second-order valence-corrected chi connectivity index (χ2v) is 16.2.